The molecule has 1 aromatic heterocycles. The van der Waals surface area contributed by atoms with Crippen LogP contribution in [0.25, 0.3) is 11.6 Å². The molecule has 3 rings (SSSR count). The minimum atomic E-state index is 0.344. The van der Waals surface area contributed by atoms with Crippen LogP contribution in [0, 0.1) is 18.3 Å². The number of pyridine rings is 1. The molecule has 3 heteroatoms. The summed E-state index contributed by atoms with van der Waals surface area (Å²) >= 11 is 6.11. The van der Waals surface area contributed by atoms with Gasteiger partial charge < -0.3 is 0 Å². The van der Waals surface area contributed by atoms with E-state index in [1.165, 1.54) is 30.1 Å². The average Bonchev–Trinajstić information content (AvgIpc) is 2.67. The fourth-order valence-corrected chi connectivity index (χ4v) is 3.59. The summed E-state index contributed by atoms with van der Waals surface area (Å²) < 4.78 is 0. The summed E-state index contributed by atoms with van der Waals surface area (Å²) in [6, 6.07) is 4.30. The van der Waals surface area contributed by atoms with Crippen molar-refractivity contribution in [3.05, 3.63) is 27.9 Å². The maximum atomic E-state index is 6.11. The second-order valence-electron chi connectivity index (χ2n) is 5.59. The molecule has 0 radical (unpaired) electrons. The molecule has 2 unspecified atom stereocenters. The maximum Gasteiger partial charge on any atom is 0.129 e. The summed E-state index contributed by atoms with van der Waals surface area (Å²) in [5.74, 6) is 3.28. The van der Waals surface area contributed by atoms with E-state index in [1.807, 2.05) is 6.07 Å². The fourth-order valence-electron chi connectivity index (χ4n) is 3.44. The Balaban J connectivity index is 2.15. The molecule has 1 saturated carbocycles. The Bertz CT molecular complexity index is 657. The quantitative estimate of drug-likeness (QED) is 0.663. The van der Waals surface area contributed by atoms with Gasteiger partial charge in [-0.25, -0.2) is 4.98 Å². The second kappa shape index (κ2) is 5.99. The monoisotopic (exact) mass is 286 g/mol. The molecule has 0 bridgehead atoms. The molecule has 104 valence electrons. The molecule has 2 atom stereocenters. The largest absolute Gasteiger partial charge is 0.300 e. The van der Waals surface area contributed by atoms with Crippen LogP contribution in [0.1, 0.15) is 32.1 Å². The summed E-state index contributed by atoms with van der Waals surface area (Å²) in [6.07, 6.45) is 13.7. The number of rotatable bonds is 2. The summed E-state index contributed by atoms with van der Waals surface area (Å²) in [4.78, 5) is 4.60. The fraction of sp³-hybridized carbons (Fsp3) is 0.471. The molecule has 0 amide bonds. The lowest BCUT2D eigenvalue weighted by Crippen LogP contribution is -2.43. The van der Waals surface area contributed by atoms with Gasteiger partial charge in [0.1, 0.15) is 5.15 Å². The SMILES string of the molecule is C#CCNC1CCCCC2CC=c3ccc(Cl)nc3=C21. The van der Waals surface area contributed by atoms with Gasteiger partial charge in [0.2, 0.25) is 0 Å². The van der Waals surface area contributed by atoms with E-state index >= 15 is 0 Å². The smallest absolute Gasteiger partial charge is 0.129 e. The summed E-state index contributed by atoms with van der Waals surface area (Å²) in [7, 11) is 0. The number of halogens is 1. The summed E-state index contributed by atoms with van der Waals surface area (Å²) in [5.41, 5.74) is 1.43. The van der Waals surface area contributed by atoms with Gasteiger partial charge in [0.05, 0.1) is 11.9 Å². The van der Waals surface area contributed by atoms with Crippen LogP contribution in [0.3, 0.4) is 0 Å². The molecule has 0 aromatic carbocycles. The minimum absolute atomic E-state index is 0.344. The van der Waals surface area contributed by atoms with Crippen molar-refractivity contribution in [3.8, 4) is 12.3 Å². The molecule has 1 fully saturated rings. The Hall–Kier alpha value is -1.30. The first-order valence-electron chi connectivity index (χ1n) is 7.33. The molecule has 0 saturated heterocycles. The van der Waals surface area contributed by atoms with Crippen molar-refractivity contribution < 1.29 is 0 Å². The Morgan fingerprint density at radius 3 is 3.05 bits per heavy atom. The zero-order valence-electron chi connectivity index (χ0n) is 11.5. The van der Waals surface area contributed by atoms with Crippen molar-refractivity contribution in [2.45, 2.75) is 38.1 Å². The highest BCUT2D eigenvalue weighted by Crippen LogP contribution is 2.32. The van der Waals surface area contributed by atoms with E-state index in [9.17, 15) is 0 Å². The standard InChI is InChI=1S/C17H19ClN2/c1-2-11-19-14-6-4-3-5-12-7-8-13-9-10-15(18)20-17(13)16(12)14/h1,8-10,12,14,19H,3-7,11H2. The van der Waals surface area contributed by atoms with Gasteiger partial charge in [0.25, 0.3) is 0 Å². The van der Waals surface area contributed by atoms with Gasteiger partial charge in [-0.05, 0) is 42.0 Å². The third-order valence-electron chi connectivity index (χ3n) is 4.35. The third-order valence-corrected chi connectivity index (χ3v) is 4.56. The van der Waals surface area contributed by atoms with Crippen molar-refractivity contribution in [1.82, 2.24) is 10.3 Å². The van der Waals surface area contributed by atoms with Gasteiger partial charge in [-0.2, -0.15) is 0 Å². The van der Waals surface area contributed by atoms with E-state index in [1.54, 1.807) is 0 Å². The van der Waals surface area contributed by atoms with Gasteiger partial charge >= 0.3 is 0 Å². The van der Waals surface area contributed by atoms with E-state index < -0.39 is 0 Å². The molecule has 2 aliphatic carbocycles. The number of aromatic nitrogens is 1. The van der Waals surface area contributed by atoms with Crippen molar-refractivity contribution >= 4 is 23.3 Å². The molecule has 0 spiro atoms. The number of nitrogens with one attached hydrogen (secondary N) is 1. The van der Waals surface area contributed by atoms with Crippen LogP contribution < -0.4 is 15.9 Å². The molecule has 1 heterocycles. The summed E-state index contributed by atoms with van der Waals surface area (Å²) in [6.45, 7) is 0.612. The van der Waals surface area contributed by atoms with E-state index in [0.717, 1.165) is 18.2 Å². The normalized spacial score (nSPS) is 24.9. The molecule has 2 nitrogen and oxygen atoms in total. The van der Waals surface area contributed by atoms with E-state index in [4.69, 9.17) is 18.0 Å². The van der Waals surface area contributed by atoms with Gasteiger partial charge in [0.15, 0.2) is 0 Å². The molecule has 20 heavy (non-hydrogen) atoms. The third kappa shape index (κ3) is 2.61. The topological polar surface area (TPSA) is 24.9 Å². The van der Waals surface area contributed by atoms with Crippen LogP contribution in [-0.4, -0.2) is 17.6 Å². The first-order chi connectivity index (χ1) is 9.79. The van der Waals surface area contributed by atoms with E-state index in [0.29, 0.717) is 23.7 Å². The average molecular weight is 287 g/mol. The van der Waals surface area contributed by atoms with Crippen LogP contribution in [0.4, 0.5) is 0 Å². The highest BCUT2D eigenvalue weighted by atomic mass is 35.5. The minimum Gasteiger partial charge on any atom is -0.300 e. The first-order valence-corrected chi connectivity index (χ1v) is 7.71. The van der Waals surface area contributed by atoms with Gasteiger partial charge in [-0.3, -0.25) is 5.32 Å². The predicted octanol–water partition coefficient (Wildman–Crippen LogP) is 1.85. The maximum absolute atomic E-state index is 6.11. The lowest BCUT2D eigenvalue weighted by Gasteiger charge is -2.26. The lowest BCUT2D eigenvalue weighted by molar-refractivity contribution is 0.579. The number of hydrogen-bond donors (Lipinski definition) is 1. The van der Waals surface area contributed by atoms with Crippen molar-refractivity contribution in [2.24, 2.45) is 5.92 Å². The summed E-state index contributed by atoms with van der Waals surface area (Å²) in [5, 5.41) is 6.38. The van der Waals surface area contributed by atoms with Crippen LogP contribution in [0.2, 0.25) is 5.15 Å². The number of hydrogen-bond acceptors (Lipinski definition) is 2. The van der Waals surface area contributed by atoms with Gasteiger partial charge in [-0.1, -0.05) is 42.5 Å². The lowest BCUT2D eigenvalue weighted by atomic mass is 9.84. The number of terminal acetylenes is 1. The second-order valence-corrected chi connectivity index (χ2v) is 5.97. The van der Waals surface area contributed by atoms with E-state index in [2.05, 4.69) is 28.4 Å². The molecule has 1 aromatic rings. The van der Waals surface area contributed by atoms with Crippen LogP contribution in [-0.2, 0) is 0 Å². The van der Waals surface area contributed by atoms with Gasteiger partial charge in [0, 0.05) is 6.04 Å². The number of nitrogens with zero attached hydrogens (tertiary/aromatic N) is 1. The Kier molecular flexibility index (Phi) is 4.10. The zero-order valence-corrected chi connectivity index (χ0v) is 12.3. The van der Waals surface area contributed by atoms with Crippen LogP contribution in [0.15, 0.2) is 12.1 Å². The first kappa shape index (κ1) is 13.7. The molecular weight excluding hydrogens is 268 g/mol. The highest BCUT2D eigenvalue weighted by Gasteiger charge is 2.27. The van der Waals surface area contributed by atoms with E-state index in [-0.39, 0.29) is 0 Å². The van der Waals surface area contributed by atoms with Crippen molar-refractivity contribution in [2.75, 3.05) is 6.54 Å². The number of fused-ring (bicyclic) bond motifs is 2. The van der Waals surface area contributed by atoms with Crippen molar-refractivity contribution in [3.63, 3.8) is 0 Å². The highest BCUT2D eigenvalue weighted by molar-refractivity contribution is 6.29. The molecular formula is C17H19ClN2. The van der Waals surface area contributed by atoms with Gasteiger partial charge in [-0.15, -0.1) is 6.42 Å². The molecule has 0 aliphatic heterocycles. The Labute approximate surface area is 124 Å². The Morgan fingerprint density at radius 2 is 2.20 bits per heavy atom. The Morgan fingerprint density at radius 1 is 1.35 bits per heavy atom. The predicted molar refractivity (Wildman–Crippen MR) is 83.6 cm³/mol. The zero-order chi connectivity index (χ0) is 13.9. The molecule has 2 aliphatic rings. The van der Waals surface area contributed by atoms with Crippen LogP contribution in [0.5, 0.6) is 0 Å². The molecule has 1 N–H and O–H groups in total. The van der Waals surface area contributed by atoms with Crippen LogP contribution >= 0.6 is 11.6 Å². The van der Waals surface area contributed by atoms with Crippen molar-refractivity contribution in [1.29, 1.82) is 0 Å².